The molecule has 2 aromatic rings. The van der Waals surface area contributed by atoms with Gasteiger partial charge in [0.05, 0.1) is 19.6 Å². The minimum atomic E-state index is -0.430. The lowest BCUT2D eigenvalue weighted by atomic mass is 10.1. The van der Waals surface area contributed by atoms with E-state index in [1.54, 1.807) is 31.4 Å². The summed E-state index contributed by atoms with van der Waals surface area (Å²) in [6, 6.07) is 16.4. The second-order valence-electron chi connectivity index (χ2n) is 5.59. The van der Waals surface area contributed by atoms with Gasteiger partial charge in [0.1, 0.15) is 5.75 Å². The van der Waals surface area contributed by atoms with Crippen molar-refractivity contribution < 1.29 is 19.1 Å². The number of hydrogen-bond acceptors (Lipinski definition) is 5. The standard InChI is InChI=1S/C20H20N2O4/c1-25-18-9-4-15(5-10-18)6-11-20(24)26-14-19(23)22-17-7-2-16(3-8-17)12-13-21/h2-5,7-10H,6,11-12,14H2,1H3,(H,22,23). The number of hydrogen-bond donors (Lipinski definition) is 1. The van der Waals surface area contributed by atoms with Crippen LogP contribution in [-0.2, 0) is 27.2 Å². The number of nitriles is 1. The summed E-state index contributed by atoms with van der Waals surface area (Å²) < 4.78 is 10.1. The van der Waals surface area contributed by atoms with E-state index in [0.29, 0.717) is 18.5 Å². The molecule has 0 aliphatic heterocycles. The van der Waals surface area contributed by atoms with Crippen LogP contribution in [0.2, 0.25) is 0 Å². The van der Waals surface area contributed by atoms with Crippen LogP contribution in [0.15, 0.2) is 48.5 Å². The summed E-state index contributed by atoms with van der Waals surface area (Å²) in [5, 5.41) is 11.3. The normalized spacial score (nSPS) is 9.85. The first-order valence-corrected chi connectivity index (χ1v) is 8.15. The summed E-state index contributed by atoms with van der Waals surface area (Å²) in [4.78, 5) is 23.6. The van der Waals surface area contributed by atoms with Gasteiger partial charge < -0.3 is 14.8 Å². The number of carbonyl (C=O) groups is 2. The molecule has 0 saturated heterocycles. The fourth-order valence-electron chi connectivity index (χ4n) is 2.25. The highest BCUT2D eigenvalue weighted by molar-refractivity contribution is 5.92. The summed E-state index contributed by atoms with van der Waals surface area (Å²) in [6.07, 6.45) is 1.05. The van der Waals surface area contributed by atoms with Gasteiger partial charge >= 0.3 is 5.97 Å². The van der Waals surface area contributed by atoms with Crippen molar-refractivity contribution in [3.8, 4) is 11.8 Å². The minimum absolute atomic E-state index is 0.197. The third-order valence-corrected chi connectivity index (χ3v) is 3.66. The average Bonchev–Trinajstić information content (AvgIpc) is 2.67. The van der Waals surface area contributed by atoms with E-state index in [2.05, 4.69) is 11.4 Å². The van der Waals surface area contributed by atoms with Gasteiger partial charge in [-0.1, -0.05) is 24.3 Å². The highest BCUT2D eigenvalue weighted by Gasteiger charge is 2.08. The third-order valence-electron chi connectivity index (χ3n) is 3.66. The lowest BCUT2D eigenvalue weighted by molar-refractivity contribution is -0.147. The zero-order valence-electron chi connectivity index (χ0n) is 14.5. The molecule has 6 nitrogen and oxygen atoms in total. The molecule has 0 aliphatic rings. The van der Waals surface area contributed by atoms with Crippen molar-refractivity contribution in [2.75, 3.05) is 19.0 Å². The average molecular weight is 352 g/mol. The Balaban J connectivity index is 1.70. The number of rotatable bonds is 8. The van der Waals surface area contributed by atoms with Gasteiger partial charge in [0.15, 0.2) is 6.61 Å². The van der Waals surface area contributed by atoms with Crippen LogP contribution in [0.4, 0.5) is 5.69 Å². The first kappa shape index (κ1) is 19.0. The Bertz CT molecular complexity index is 777. The largest absolute Gasteiger partial charge is 0.497 e. The molecular weight excluding hydrogens is 332 g/mol. The van der Waals surface area contributed by atoms with Crippen molar-refractivity contribution in [3.63, 3.8) is 0 Å². The van der Waals surface area contributed by atoms with E-state index in [9.17, 15) is 9.59 Å². The fourth-order valence-corrected chi connectivity index (χ4v) is 2.25. The molecule has 1 amide bonds. The SMILES string of the molecule is COc1ccc(CCC(=O)OCC(=O)Nc2ccc(CC#N)cc2)cc1. The van der Waals surface area contributed by atoms with Crippen LogP contribution in [0.3, 0.4) is 0 Å². The highest BCUT2D eigenvalue weighted by atomic mass is 16.5. The smallest absolute Gasteiger partial charge is 0.306 e. The zero-order valence-corrected chi connectivity index (χ0v) is 14.5. The Morgan fingerprint density at radius 1 is 1.04 bits per heavy atom. The van der Waals surface area contributed by atoms with E-state index in [-0.39, 0.29) is 13.0 Å². The van der Waals surface area contributed by atoms with E-state index >= 15 is 0 Å². The first-order chi connectivity index (χ1) is 12.6. The first-order valence-electron chi connectivity index (χ1n) is 8.15. The summed E-state index contributed by atoms with van der Waals surface area (Å²) >= 11 is 0. The van der Waals surface area contributed by atoms with Gasteiger partial charge in [0, 0.05) is 12.1 Å². The number of amides is 1. The molecule has 1 N–H and O–H groups in total. The maximum absolute atomic E-state index is 11.8. The molecule has 0 heterocycles. The van der Waals surface area contributed by atoms with Gasteiger partial charge in [0.2, 0.25) is 0 Å². The second-order valence-corrected chi connectivity index (χ2v) is 5.59. The Morgan fingerprint density at radius 3 is 2.31 bits per heavy atom. The molecule has 0 fully saturated rings. The van der Waals surface area contributed by atoms with Gasteiger partial charge in [-0.2, -0.15) is 5.26 Å². The molecule has 6 heteroatoms. The maximum atomic E-state index is 11.8. The number of ether oxygens (including phenoxy) is 2. The summed E-state index contributed by atoms with van der Waals surface area (Å²) in [5.74, 6) is -0.0789. The molecule has 2 rings (SSSR count). The lowest BCUT2D eigenvalue weighted by Crippen LogP contribution is -2.21. The van der Waals surface area contributed by atoms with Crippen LogP contribution in [0.1, 0.15) is 17.5 Å². The Hall–Kier alpha value is -3.33. The summed E-state index contributed by atoms with van der Waals surface area (Å²) in [6.45, 7) is -0.332. The Morgan fingerprint density at radius 2 is 1.69 bits per heavy atom. The molecule has 26 heavy (non-hydrogen) atoms. The quantitative estimate of drug-likeness (QED) is 0.738. The molecule has 134 valence electrons. The van der Waals surface area contributed by atoms with Crippen molar-refractivity contribution in [1.29, 1.82) is 5.26 Å². The number of nitrogens with one attached hydrogen (secondary N) is 1. The van der Waals surface area contributed by atoms with Gasteiger partial charge in [0.25, 0.3) is 5.91 Å². The van der Waals surface area contributed by atoms with Crippen molar-refractivity contribution in [2.45, 2.75) is 19.3 Å². The predicted molar refractivity (Wildman–Crippen MR) is 96.7 cm³/mol. The molecule has 0 bridgehead atoms. The van der Waals surface area contributed by atoms with Crippen molar-refractivity contribution in [3.05, 3.63) is 59.7 Å². The number of carbonyl (C=O) groups excluding carboxylic acids is 2. The van der Waals surface area contributed by atoms with E-state index in [4.69, 9.17) is 14.7 Å². The van der Waals surface area contributed by atoms with E-state index < -0.39 is 11.9 Å². The Kier molecular flexibility index (Phi) is 7.19. The molecule has 0 aromatic heterocycles. The molecule has 2 aromatic carbocycles. The molecule has 0 aliphatic carbocycles. The number of anilines is 1. The number of benzene rings is 2. The van der Waals surface area contributed by atoms with Crippen LogP contribution in [0, 0.1) is 11.3 Å². The molecule has 0 spiro atoms. The van der Waals surface area contributed by atoms with Crippen LogP contribution in [0.5, 0.6) is 5.75 Å². The van der Waals surface area contributed by atoms with Crippen molar-refractivity contribution >= 4 is 17.6 Å². The second kappa shape index (κ2) is 9.84. The van der Waals surface area contributed by atoms with Gasteiger partial charge in [-0.25, -0.2) is 0 Å². The van der Waals surface area contributed by atoms with Crippen LogP contribution >= 0.6 is 0 Å². The molecule has 0 radical (unpaired) electrons. The van der Waals surface area contributed by atoms with Gasteiger partial charge in [-0.15, -0.1) is 0 Å². The van der Waals surface area contributed by atoms with E-state index in [0.717, 1.165) is 16.9 Å². The van der Waals surface area contributed by atoms with Crippen LogP contribution < -0.4 is 10.1 Å². The van der Waals surface area contributed by atoms with Crippen molar-refractivity contribution in [1.82, 2.24) is 0 Å². The van der Waals surface area contributed by atoms with E-state index in [1.807, 2.05) is 24.3 Å². The Labute approximate surface area is 152 Å². The third kappa shape index (κ3) is 6.29. The number of aryl methyl sites for hydroxylation is 1. The molecule has 0 atom stereocenters. The molecule has 0 unspecified atom stereocenters. The lowest BCUT2D eigenvalue weighted by Gasteiger charge is -2.07. The highest BCUT2D eigenvalue weighted by Crippen LogP contribution is 2.13. The molecular formula is C20H20N2O4. The summed E-state index contributed by atoms with van der Waals surface area (Å²) in [5.41, 5.74) is 2.45. The van der Waals surface area contributed by atoms with E-state index in [1.165, 1.54) is 0 Å². The number of nitrogens with zero attached hydrogens (tertiary/aromatic N) is 1. The minimum Gasteiger partial charge on any atom is -0.497 e. The van der Waals surface area contributed by atoms with Gasteiger partial charge in [-0.3, -0.25) is 9.59 Å². The number of esters is 1. The predicted octanol–water partition coefficient (Wildman–Crippen LogP) is 2.88. The monoisotopic (exact) mass is 352 g/mol. The van der Waals surface area contributed by atoms with Crippen LogP contribution in [0.25, 0.3) is 0 Å². The van der Waals surface area contributed by atoms with Crippen molar-refractivity contribution in [2.24, 2.45) is 0 Å². The fraction of sp³-hybridized carbons (Fsp3) is 0.250. The van der Waals surface area contributed by atoms with Gasteiger partial charge in [-0.05, 0) is 41.8 Å². The summed E-state index contributed by atoms with van der Waals surface area (Å²) in [7, 11) is 1.60. The topological polar surface area (TPSA) is 88.4 Å². The molecule has 0 saturated carbocycles. The maximum Gasteiger partial charge on any atom is 0.306 e. The zero-order chi connectivity index (χ0) is 18.8. The number of methoxy groups -OCH3 is 1. The van der Waals surface area contributed by atoms with Crippen LogP contribution in [-0.4, -0.2) is 25.6 Å².